The van der Waals surface area contributed by atoms with Gasteiger partial charge in [0.25, 0.3) is 0 Å². The van der Waals surface area contributed by atoms with Crippen molar-refractivity contribution in [2.45, 2.75) is 32.1 Å². The van der Waals surface area contributed by atoms with Gasteiger partial charge in [0.1, 0.15) is 5.75 Å². The van der Waals surface area contributed by atoms with Gasteiger partial charge in [-0.05, 0) is 42.9 Å². The molecule has 3 nitrogen and oxygen atoms in total. The van der Waals surface area contributed by atoms with Crippen molar-refractivity contribution in [2.75, 3.05) is 13.7 Å². The van der Waals surface area contributed by atoms with Crippen LogP contribution in [0.25, 0.3) is 0 Å². The van der Waals surface area contributed by atoms with Crippen molar-refractivity contribution in [1.29, 1.82) is 0 Å². The Hall–Kier alpha value is -1.35. The van der Waals surface area contributed by atoms with Gasteiger partial charge in [0.2, 0.25) is 0 Å². The molecule has 1 aromatic carbocycles. The molecule has 1 aliphatic carbocycles. The van der Waals surface area contributed by atoms with E-state index in [0.717, 1.165) is 30.4 Å². The lowest BCUT2D eigenvalue weighted by molar-refractivity contribution is 0.0997. The third kappa shape index (κ3) is 2.34. The lowest BCUT2D eigenvalue weighted by Crippen LogP contribution is -2.17. The molecule has 1 aliphatic rings. The standard InChI is InChI=1S/C14H19NO2/c1-17-13-8-7-10-5-3-2-4-6-11(10)14(13)12(16)9-15/h7-8H,2-6,9,15H2,1H3. The van der Waals surface area contributed by atoms with E-state index in [1.54, 1.807) is 7.11 Å². The molecule has 0 unspecified atom stereocenters. The van der Waals surface area contributed by atoms with Gasteiger partial charge >= 0.3 is 0 Å². The minimum absolute atomic E-state index is 0.0133. The maximum Gasteiger partial charge on any atom is 0.180 e. The summed E-state index contributed by atoms with van der Waals surface area (Å²) in [4.78, 5) is 12.0. The first-order valence-corrected chi connectivity index (χ1v) is 6.20. The van der Waals surface area contributed by atoms with Gasteiger partial charge in [-0.3, -0.25) is 4.79 Å². The van der Waals surface area contributed by atoms with Gasteiger partial charge in [-0.15, -0.1) is 0 Å². The van der Waals surface area contributed by atoms with E-state index in [9.17, 15) is 4.79 Å². The van der Waals surface area contributed by atoms with Gasteiger partial charge in [-0.1, -0.05) is 12.5 Å². The Kier molecular flexibility index (Phi) is 3.79. The van der Waals surface area contributed by atoms with E-state index in [2.05, 4.69) is 6.07 Å². The second-order valence-corrected chi connectivity index (χ2v) is 4.47. The van der Waals surface area contributed by atoms with Crippen LogP contribution in [0.15, 0.2) is 12.1 Å². The SMILES string of the molecule is COc1ccc2c(c1C(=O)CN)CCCCC2. The number of carbonyl (C=O) groups excluding carboxylic acids is 1. The van der Waals surface area contributed by atoms with E-state index in [-0.39, 0.29) is 12.3 Å². The fraction of sp³-hybridized carbons (Fsp3) is 0.500. The number of ether oxygens (including phenoxy) is 1. The third-order valence-electron chi connectivity index (χ3n) is 3.43. The third-order valence-corrected chi connectivity index (χ3v) is 3.43. The second-order valence-electron chi connectivity index (χ2n) is 4.47. The number of benzene rings is 1. The van der Waals surface area contributed by atoms with Crippen molar-refractivity contribution in [2.24, 2.45) is 5.73 Å². The number of hydrogen-bond acceptors (Lipinski definition) is 3. The summed E-state index contributed by atoms with van der Waals surface area (Å²) in [5.41, 5.74) is 8.67. The zero-order valence-electron chi connectivity index (χ0n) is 10.3. The fourth-order valence-corrected chi connectivity index (χ4v) is 2.56. The van der Waals surface area contributed by atoms with Crippen LogP contribution in [0, 0.1) is 0 Å². The molecule has 0 radical (unpaired) electrons. The summed E-state index contributed by atoms with van der Waals surface area (Å²) in [6.45, 7) is 0.0484. The predicted octanol–water partition coefficient (Wildman–Crippen LogP) is 2.11. The molecule has 92 valence electrons. The summed E-state index contributed by atoms with van der Waals surface area (Å²) < 4.78 is 5.30. The van der Waals surface area contributed by atoms with Crippen molar-refractivity contribution in [3.05, 3.63) is 28.8 Å². The number of rotatable bonds is 3. The average molecular weight is 233 g/mol. The first-order chi connectivity index (χ1) is 8.27. The molecule has 0 fully saturated rings. The van der Waals surface area contributed by atoms with Gasteiger partial charge < -0.3 is 10.5 Å². The number of fused-ring (bicyclic) bond motifs is 1. The molecule has 0 heterocycles. The zero-order valence-corrected chi connectivity index (χ0v) is 10.3. The molecular formula is C14H19NO2. The van der Waals surface area contributed by atoms with Gasteiger partial charge in [0.05, 0.1) is 19.2 Å². The van der Waals surface area contributed by atoms with Crippen molar-refractivity contribution < 1.29 is 9.53 Å². The van der Waals surface area contributed by atoms with Crippen molar-refractivity contribution in [1.82, 2.24) is 0 Å². The first kappa shape index (κ1) is 12.1. The molecule has 0 saturated heterocycles. The van der Waals surface area contributed by atoms with Crippen molar-refractivity contribution in [3.63, 3.8) is 0 Å². The van der Waals surface area contributed by atoms with Gasteiger partial charge in [-0.2, -0.15) is 0 Å². The Morgan fingerprint density at radius 1 is 1.29 bits per heavy atom. The fourth-order valence-electron chi connectivity index (χ4n) is 2.56. The molecule has 0 spiro atoms. The minimum atomic E-state index is -0.0133. The summed E-state index contributed by atoms with van der Waals surface area (Å²) in [7, 11) is 1.60. The number of carbonyl (C=O) groups is 1. The lowest BCUT2D eigenvalue weighted by atomic mass is 9.93. The van der Waals surface area contributed by atoms with Crippen LogP contribution < -0.4 is 10.5 Å². The van der Waals surface area contributed by atoms with Crippen LogP contribution in [0.5, 0.6) is 5.75 Å². The average Bonchev–Trinajstić information content (AvgIpc) is 2.61. The molecule has 1 aromatic rings. The van der Waals surface area contributed by atoms with Gasteiger partial charge in [0, 0.05) is 0 Å². The Balaban J connectivity index is 2.54. The summed E-state index contributed by atoms with van der Waals surface area (Å²) in [6.07, 6.45) is 5.60. The largest absolute Gasteiger partial charge is 0.496 e. The lowest BCUT2D eigenvalue weighted by Gasteiger charge is -2.15. The molecular weight excluding hydrogens is 214 g/mol. The highest BCUT2D eigenvalue weighted by Crippen LogP contribution is 2.30. The van der Waals surface area contributed by atoms with Crippen molar-refractivity contribution in [3.8, 4) is 5.75 Å². The molecule has 0 bridgehead atoms. The molecule has 0 atom stereocenters. The Morgan fingerprint density at radius 3 is 2.76 bits per heavy atom. The maximum atomic E-state index is 12.0. The number of aryl methyl sites for hydroxylation is 1. The summed E-state index contributed by atoms with van der Waals surface area (Å²) >= 11 is 0. The molecule has 17 heavy (non-hydrogen) atoms. The molecule has 3 heteroatoms. The summed E-state index contributed by atoms with van der Waals surface area (Å²) in [5, 5.41) is 0. The predicted molar refractivity (Wildman–Crippen MR) is 67.6 cm³/mol. The second kappa shape index (κ2) is 5.32. The van der Waals surface area contributed by atoms with E-state index < -0.39 is 0 Å². The minimum Gasteiger partial charge on any atom is -0.496 e. The van der Waals surface area contributed by atoms with Crippen LogP contribution in [0.3, 0.4) is 0 Å². The van der Waals surface area contributed by atoms with Crippen LogP contribution in [0.1, 0.15) is 40.7 Å². The normalized spacial score (nSPS) is 14.9. The quantitative estimate of drug-likeness (QED) is 0.642. The molecule has 2 N–H and O–H groups in total. The molecule has 2 rings (SSSR count). The Morgan fingerprint density at radius 2 is 2.06 bits per heavy atom. The van der Waals surface area contributed by atoms with Gasteiger partial charge in [0.15, 0.2) is 5.78 Å². The highest BCUT2D eigenvalue weighted by Gasteiger charge is 2.20. The van der Waals surface area contributed by atoms with E-state index >= 15 is 0 Å². The van der Waals surface area contributed by atoms with Crippen molar-refractivity contribution >= 4 is 5.78 Å². The van der Waals surface area contributed by atoms with E-state index in [1.165, 1.54) is 18.4 Å². The number of hydrogen-bond donors (Lipinski definition) is 1. The van der Waals surface area contributed by atoms with E-state index in [0.29, 0.717) is 5.75 Å². The van der Waals surface area contributed by atoms with E-state index in [4.69, 9.17) is 10.5 Å². The molecule has 0 aliphatic heterocycles. The zero-order chi connectivity index (χ0) is 12.3. The summed E-state index contributed by atoms with van der Waals surface area (Å²) in [5.74, 6) is 0.654. The number of methoxy groups -OCH3 is 1. The van der Waals surface area contributed by atoms with E-state index in [1.807, 2.05) is 6.07 Å². The number of Topliss-reactive ketones (excluding diaryl/α,β-unsaturated/α-hetero) is 1. The smallest absolute Gasteiger partial charge is 0.180 e. The molecule has 0 saturated carbocycles. The molecule has 0 amide bonds. The maximum absolute atomic E-state index is 12.0. The summed E-state index contributed by atoms with van der Waals surface area (Å²) in [6, 6.07) is 3.99. The monoisotopic (exact) mass is 233 g/mol. The van der Waals surface area contributed by atoms with Crippen LogP contribution in [0.2, 0.25) is 0 Å². The van der Waals surface area contributed by atoms with Crippen LogP contribution in [-0.2, 0) is 12.8 Å². The van der Waals surface area contributed by atoms with Crippen LogP contribution in [-0.4, -0.2) is 19.4 Å². The Labute approximate surface area is 102 Å². The highest BCUT2D eigenvalue weighted by molar-refractivity contribution is 6.01. The topological polar surface area (TPSA) is 52.3 Å². The van der Waals surface area contributed by atoms with Crippen LogP contribution in [0.4, 0.5) is 0 Å². The van der Waals surface area contributed by atoms with Crippen LogP contribution >= 0.6 is 0 Å². The first-order valence-electron chi connectivity index (χ1n) is 6.20. The highest BCUT2D eigenvalue weighted by atomic mass is 16.5. The van der Waals surface area contributed by atoms with Gasteiger partial charge in [-0.25, -0.2) is 0 Å². The number of ketones is 1. The number of nitrogens with two attached hydrogens (primary N) is 1. The molecule has 0 aromatic heterocycles. The Bertz CT molecular complexity index is 426.